The lowest BCUT2D eigenvalue weighted by Gasteiger charge is -2.20. The predicted molar refractivity (Wildman–Crippen MR) is 64.0 cm³/mol. The number of carbonyl (C=O) groups is 1. The molecule has 1 aliphatic heterocycles. The van der Waals surface area contributed by atoms with E-state index in [1.807, 2.05) is 0 Å². The van der Waals surface area contributed by atoms with Crippen LogP contribution in [-0.4, -0.2) is 24.2 Å². The van der Waals surface area contributed by atoms with E-state index >= 15 is 0 Å². The Labute approximate surface area is 99.9 Å². The lowest BCUT2D eigenvalue weighted by Crippen LogP contribution is -2.27. The van der Waals surface area contributed by atoms with E-state index in [2.05, 4.69) is 4.90 Å². The van der Waals surface area contributed by atoms with Crippen molar-refractivity contribution in [2.45, 2.75) is 25.4 Å². The molecular formula is C13H16FNO2. The maximum absolute atomic E-state index is 13.8. The molecule has 0 aliphatic carbocycles. The van der Waals surface area contributed by atoms with Crippen molar-refractivity contribution >= 4 is 11.7 Å². The number of hydrogen-bond acceptors (Lipinski definition) is 2. The Morgan fingerprint density at radius 1 is 1.29 bits per heavy atom. The van der Waals surface area contributed by atoms with Gasteiger partial charge in [-0.1, -0.05) is 12.1 Å². The van der Waals surface area contributed by atoms with Crippen LogP contribution in [0.5, 0.6) is 0 Å². The zero-order valence-corrected chi connectivity index (χ0v) is 9.82. The third kappa shape index (κ3) is 2.25. The molecule has 3 nitrogen and oxygen atoms in total. The minimum atomic E-state index is -2.32. The molecule has 17 heavy (non-hydrogen) atoms. The number of anilines is 1. The van der Waals surface area contributed by atoms with Crippen molar-refractivity contribution < 1.29 is 14.3 Å². The van der Waals surface area contributed by atoms with Gasteiger partial charge in [-0.2, -0.15) is 0 Å². The first kappa shape index (κ1) is 11.9. The second kappa shape index (κ2) is 4.35. The van der Waals surface area contributed by atoms with Crippen LogP contribution in [0, 0.1) is 0 Å². The van der Waals surface area contributed by atoms with Gasteiger partial charge in [0, 0.05) is 24.3 Å². The van der Waals surface area contributed by atoms with Crippen LogP contribution in [0.25, 0.3) is 0 Å². The first-order chi connectivity index (χ1) is 8.01. The van der Waals surface area contributed by atoms with Gasteiger partial charge in [0.05, 0.1) is 0 Å². The molecule has 1 saturated heterocycles. The zero-order chi connectivity index (χ0) is 12.5. The summed E-state index contributed by atoms with van der Waals surface area (Å²) in [5.41, 5.74) is -1.09. The Morgan fingerprint density at radius 2 is 1.82 bits per heavy atom. The largest absolute Gasteiger partial charge is 0.479 e. The molecule has 1 aliphatic rings. The standard InChI is InChI=1S/C13H16FNO2/c1-13(14,12(16)17)10-4-6-11(7-5-10)15-8-2-3-9-15/h4-7H,2-3,8-9H2,1H3,(H,16,17). The smallest absolute Gasteiger partial charge is 0.345 e. The highest BCUT2D eigenvalue weighted by atomic mass is 19.1. The van der Waals surface area contributed by atoms with Gasteiger partial charge in [0.15, 0.2) is 0 Å². The molecule has 0 radical (unpaired) electrons. The fourth-order valence-corrected chi connectivity index (χ4v) is 2.08. The predicted octanol–water partition coefficient (Wildman–Crippen LogP) is 2.56. The molecule has 1 atom stereocenters. The number of carboxylic acid groups (broad SMARTS) is 1. The van der Waals surface area contributed by atoms with Gasteiger partial charge in [0.2, 0.25) is 5.67 Å². The Morgan fingerprint density at radius 3 is 2.29 bits per heavy atom. The minimum absolute atomic E-state index is 0.188. The molecule has 0 bridgehead atoms. The third-order valence-electron chi connectivity index (χ3n) is 3.28. The Balaban J connectivity index is 2.20. The zero-order valence-electron chi connectivity index (χ0n) is 9.82. The average molecular weight is 237 g/mol. The van der Waals surface area contributed by atoms with Crippen molar-refractivity contribution in [1.82, 2.24) is 0 Å². The van der Waals surface area contributed by atoms with Crippen LogP contribution in [0.3, 0.4) is 0 Å². The van der Waals surface area contributed by atoms with Crippen molar-refractivity contribution in [3.63, 3.8) is 0 Å². The number of aliphatic carboxylic acids is 1. The van der Waals surface area contributed by atoms with Gasteiger partial charge < -0.3 is 10.0 Å². The number of halogens is 1. The van der Waals surface area contributed by atoms with Crippen LogP contribution < -0.4 is 4.90 Å². The van der Waals surface area contributed by atoms with E-state index in [0.717, 1.165) is 25.7 Å². The molecule has 1 unspecified atom stereocenters. The van der Waals surface area contributed by atoms with Crippen molar-refractivity contribution in [2.24, 2.45) is 0 Å². The molecule has 0 spiro atoms. The molecule has 1 aromatic carbocycles. The fraction of sp³-hybridized carbons (Fsp3) is 0.462. The number of carboxylic acids is 1. The van der Waals surface area contributed by atoms with Gasteiger partial charge >= 0.3 is 5.97 Å². The van der Waals surface area contributed by atoms with Crippen molar-refractivity contribution in [2.75, 3.05) is 18.0 Å². The summed E-state index contributed by atoms with van der Waals surface area (Å²) in [5.74, 6) is -1.45. The molecule has 0 aromatic heterocycles. The van der Waals surface area contributed by atoms with E-state index in [-0.39, 0.29) is 5.56 Å². The molecule has 0 amide bonds. The Hall–Kier alpha value is -1.58. The summed E-state index contributed by atoms with van der Waals surface area (Å²) < 4.78 is 13.8. The molecule has 2 rings (SSSR count). The summed E-state index contributed by atoms with van der Waals surface area (Å²) in [6, 6.07) is 6.70. The van der Waals surface area contributed by atoms with Crippen LogP contribution in [0.1, 0.15) is 25.3 Å². The second-order valence-electron chi connectivity index (χ2n) is 4.55. The van der Waals surface area contributed by atoms with Crippen LogP contribution >= 0.6 is 0 Å². The van der Waals surface area contributed by atoms with Crippen molar-refractivity contribution in [3.8, 4) is 0 Å². The third-order valence-corrected chi connectivity index (χ3v) is 3.28. The quantitative estimate of drug-likeness (QED) is 0.878. The highest BCUT2D eigenvalue weighted by molar-refractivity contribution is 5.78. The molecule has 92 valence electrons. The van der Waals surface area contributed by atoms with Crippen LogP contribution in [-0.2, 0) is 10.5 Å². The maximum Gasteiger partial charge on any atom is 0.345 e. The monoisotopic (exact) mass is 237 g/mol. The summed E-state index contributed by atoms with van der Waals surface area (Å²) in [4.78, 5) is 13.0. The summed E-state index contributed by atoms with van der Waals surface area (Å²) in [7, 11) is 0. The molecule has 4 heteroatoms. The number of benzene rings is 1. The van der Waals surface area contributed by atoms with Gasteiger partial charge in [-0.15, -0.1) is 0 Å². The minimum Gasteiger partial charge on any atom is -0.479 e. The summed E-state index contributed by atoms with van der Waals surface area (Å²) in [6.45, 7) is 3.11. The lowest BCUT2D eigenvalue weighted by molar-refractivity contribution is -0.150. The Bertz CT molecular complexity index is 408. The molecule has 1 aromatic rings. The molecule has 1 heterocycles. The van der Waals surface area contributed by atoms with Crippen LogP contribution in [0.4, 0.5) is 10.1 Å². The summed E-state index contributed by atoms with van der Waals surface area (Å²) in [6.07, 6.45) is 2.36. The maximum atomic E-state index is 13.8. The SMILES string of the molecule is CC(F)(C(=O)O)c1ccc(N2CCCC2)cc1. The number of rotatable bonds is 3. The second-order valence-corrected chi connectivity index (χ2v) is 4.55. The number of hydrogen-bond donors (Lipinski definition) is 1. The van der Waals surface area contributed by atoms with E-state index in [9.17, 15) is 9.18 Å². The highest BCUT2D eigenvalue weighted by Crippen LogP contribution is 2.28. The lowest BCUT2D eigenvalue weighted by atomic mass is 9.98. The molecular weight excluding hydrogens is 221 g/mol. The van der Waals surface area contributed by atoms with E-state index in [1.54, 1.807) is 24.3 Å². The Kier molecular flexibility index (Phi) is 3.05. The topological polar surface area (TPSA) is 40.5 Å². The van der Waals surface area contributed by atoms with Gasteiger partial charge in [-0.25, -0.2) is 9.18 Å². The van der Waals surface area contributed by atoms with Gasteiger partial charge in [0.1, 0.15) is 0 Å². The van der Waals surface area contributed by atoms with Gasteiger partial charge in [-0.3, -0.25) is 0 Å². The van der Waals surface area contributed by atoms with E-state index in [4.69, 9.17) is 5.11 Å². The summed E-state index contributed by atoms with van der Waals surface area (Å²) in [5, 5.41) is 8.79. The van der Waals surface area contributed by atoms with Crippen molar-refractivity contribution in [3.05, 3.63) is 29.8 Å². The highest BCUT2D eigenvalue weighted by Gasteiger charge is 2.34. The first-order valence-corrected chi connectivity index (χ1v) is 5.79. The van der Waals surface area contributed by atoms with Crippen LogP contribution in [0.15, 0.2) is 24.3 Å². The number of nitrogens with zero attached hydrogens (tertiary/aromatic N) is 1. The van der Waals surface area contributed by atoms with Gasteiger partial charge in [-0.05, 0) is 31.9 Å². The molecule has 1 fully saturated rings. The first-order valence-electron chi connectivity index (χ1n) is 5.79. The average Bonchev–Trinajstić information content (AvgIpc) is 2.82. The molecule has 1 N–H and O–H groups in total. The van der Waals surface area contributed by atoms with E-state index < -0.39 is 11.6 Å². The van der Waals surface area contributed by atoms with Crippen LogP contribution in [0.2, 0.25) is 0 Å². The van der Waals surface area contributed by atoms with E-state index in [1.165, 1.54) is 12.8 Å². The number of alkyl halides is 1. The van der Waals surface area contributed by atoms with E-state index in [0.29, 0.717) is 0 Å². The molecule has 0 saturated carbocycles. The normalized spacial score (nSPS) is 19.1. The fourth-order valence-electron chi connectivity index (χ4n) is 2.08. The van der Waals surface area contributed by atoms with Gasteiger partial charge in [0.25, 0.3) is 0 Å². The van der Waals surface area contributed by atoms with Crippen molar-refractivity contribution in [1.29, 1.82) is 0 Å². The summed E-state index contributed by atoms with van der Waals surface area (Å²) >= 11 is 0.